The molecule has 0 aliphatic rings. The molecular weight excluding hydrogens is 172 g/mol. The van der Waals surface area contributed by atoms with Gasteiger partial charge in [0.05, 0.1) is 12.5 Å². The molecule has 0 saturated heterocycles. The largest absolute Gasteiger partial charge is 0.481 e. The van der Waals surface area contributed by atoms with E-state index in [1.807, 2.05) is 0 Å². The fourth-order valence-corrected chi connectivity index (χ4v) is 0.979. The van der Waals surface area contributed by atoms with Crippen molar-refractivity contribution in [3.8, 4) is 0 Å². The molecule has 1 heterocycles. The van der Waals surface area contributed by atoms with Crippen LogP contribution in [0.5, 0.6) is 0 Å². The molecule has 0 radical (unpaired) electrons. The van der Waals surface area contributed by atoms with Gasteiger partial charge in [-0.2, -0.15) is 0 Å². The lowest BCUT2D eigenvalue weighted by Gasteiger charge is -2.07. The normalized spacial score (nSPS) is 12.4. The second-order valence-corrected chi connectivity index (χ2v) is 2.67. The average Bonchev–Trinajstić information content (AvgIpc) is 2.03. The number of carboxylic acid groups (broad SMARTS) is 1. The molecule has 5 nitrogen and oxygen atoms in total. The molecule has 1 aromatic rings. The van der Waals surface area contributed by atoms with E-state index in [4.69, 9.17) is 10.8 Å². The lowest BCUT2D eigenvalue weighted by atomic mass is 10.1. The molecule has 1 rings (SSSR count). The third-order valence-corrected chi connectivity index (χ3v) is 1.58. The number of aromatic nitrogens is 1. The van der Waals surface area contributed by atoms with E-state index in [2.05, 4.69) is 4.98 Å². The van der Waals surface area contributed by atoms with Crippen LogP contribution >= 0.6 is 0 Å². The lowest BCUT2D eigenvalue weighted by molar-refractivity contribution is -0.137. The highest BCUT2D eigenvalue weighted by Gasteiger charge is 2.10. The van der Waals surface area contributed by atoms with Crippen LogP contribution in [0.4, 0.5) is 0 Å². The Kier molecular flexibility index (Phi) is 2.81. The molecule has 0 spiro atoms. The number of pyridine rings is 1. The summed E-state index contributed by atoms with van der Waals surface area (Å²) >= 11 is 0. The molecule has 1 atom stereocenters. The number of aliphatic carboxylic acids is 1. The Morgan fingerprint density at radius 2 is 2.31 bits per heavy atom. The molecule has 0 bridgehead atoms. The van der Waals surface area contributed by atoms with E-state index in [0.29, 0.717) is 5.69 Å². The predicted molar refractivity (Wildman–Crippen MR) is 46.2 cm³/mol. The van der Waals surface area contributed by atoms with Crippen molar-refractivity contribution in [2.75, 3.05) is 0 Å². The van der Waals surface area contributed by atoms with Crippen LogP contribution in [0.15, 0.2) is 23.0 Å². The van der Waals surface area contributed by atoms with E-state index in [1.165, 1.54) is 12.1 Å². The maximum absolute atomic E-state index is 10.8. The molecular formula is C8H10N2O3. The van der Waals surface area contributed by atoms with Crippen molar-refractivity contribution in [1.29, 1.82) is 0 Å². The van der Waals surface area contributed by atoms with E-state index in [0.717, 1.165) is 0 Å². The maximum Gasteiger partial charge on any atom is 0.305 e. The van der Waals surface area contributed by atoms with Gasteiger partial charge in [0, 0.05) is 11.8 Å². The van der Waals surface area contributed by atoms with Gasteiger partial charge >= 0.3 is 5.97 Å². The van der Waals surface area contributed by atoms with Crippen molar-refractivity contribution < 1.29 is 9.90 Å². The second-order valence-electron chi connectivity index (χ2n) is 2.67. The van der Waals surface area contributed by atoms with Crippen molar-refractivity contribution >= 4 is 5.97 Å². The molecule has 70 valence electrons. The van der Waals surface area contributed by atoms with E-state index in [-0.39, 0.29) is 12.0 Å². The van der Waals surface area contributed by atoms with E-state index >= 15 is 0 Å². The van der Waals surface area contributed by atoms with Crippen molar-refractivity contribution in [2.24, 2.45) is 5.73 Å². The topological polar surface area (TPSA) is 96.2 Å². The molecule has 13 heavy (non-hydrogen) atoms. The van der Waals surface area contributed by atoms with Crippen LogP contribution in [0.2, 0.25) is 0 Å². The Morgan fingerprint density at radius 1 is 1.62 bits per heavy atom. The first-order valence-electron chi connectivity index (χ1n) is 3.76. The third-order valence-electron chi connectivity index (χ3n) is 1.58. The summed E-state index contributed by atoms with van der Waals surface area (Å²) in [5, 5.41) is 8.44. The fraction of sp³-hybridized carbons (Fsp3) is 0.250. The number of nitrogens with two attached hydrogens (primary N) is 1. The SMILES string of the molecule is N[C@@H](CC(=O)O)c1cccc(=O)[nH]1. The van der Waals surface area contributed by atoms with Gasteiger partial charge in [-0.15, -0.1) is 0 Å². The van der Waals surface area contributed by atoms with Crippen LogP contribution in [0.25, 0.3) is 0 Å². The highest BCUT2D eigenvalue weighted by molar-refractivity contribution is 5.67. The van der Waals surface area contributed by atoms with E-state index in [9.17, 15) is 9.59 Å². The predicted octanol–water partition coefficient (Wildman–Crippen LogP) is -0.151. The summed E-state index contributed by atoms with van der Waals surface area (Å²) in [5.74, 6) is -0.989. The summed E-state index contributed by atoms with van der Waals surface area (Å²) in [6.45, 7) is 0. The Labute approximate surface area is 74.2 Å². The fourth-order valence-electron chi connectivity index (χ4n) is 0.979. The molecule has 0 aromatic carbocycles. The van der Waals surface area contributed by atoms with E-state index < -0.39 is 12.0 Å². The molecule has 4 N–H and O–H groups in total. The van der Waals surface area contributed by atoms with Crippen LogP contribution in [0, 0.1) is 0 Å². The van der Waals surface area contributed by atoms with E-state index in [1.54, 1.807) is 6.07 Å². The van der Waals surface area contributed by atoms with Crippen molar-refractivity contribution in [1.82, 2.24) is 4.98 Å². The number of carbonyl (C=O) groups is 1. The number of hydrogen-bond donors (Lipinski definition) is 3. The van der Waals surface area contributed by atoms with Crippen LogP contribution < -0.4 is 11.3 Å². The Bertz CT molecular complexity index is 358. The molecule has 5 heteroatoms. The molecule has 0 aliphatic heterocycles. The summed E-state index contributed by atoms with van der Waals surface area (Å²) in [7, 11) is 0. The third kappa shape index (κ3) is 2.72. The van der Waals surface area contributed by atoms with Crippen LogP contribution in [0.1, 0.15) is 18.2 Å². The van der Waals surface area contributed by atoms with Gasteiger partial charge < -0.3 is 15.8 Å². The summed E-state index contributed by atoms with van der Waals surface area (Å²) in [4.78, 5) is 23.6. The molecule has 0 amide bonds. The van der Waals surface area contributed by atoms with Crippen LogP contribution in [0.3, 0.4) is 0 Å². The second kappa shape index (κ2) is 3.86. The Balaban J connectivity index is 2.82. The number of H-pyrrole nitrogens is 1. The van der Waals surface area contributed by atoms with Gasteiger partial charge in [-0.3, -0.25) is 9.59 Å². The van der Waals surface area contributed by atoms with Gasteiger partial charge in [0.1, 0.15) is 0 Å². The average molecular weight is 182 g/mol. The van der Waals surface area contributed by atoms with Crippen LogP contribution in [-0.2, 0) is 4.79 Å². The smallest absolute Gasteiger partial charge is 0.305 e. The van der Waals surface area contributed by atoms with Crippen LogP contribution in [-0.4, -0.2) is 16.1 Å². The van der Waals surface area contributed by atoms with Crippen molar-refractivity contribution in [2.45, 2.75) is 12.5 Å². The minimum atomic E-state index is -0.989. The number of hydrogen-bond acceptors (Lipinski definition) is 3. The first-order valence-corrected chi connectivity index (χ1v) is 3.76. The van der Waals surface area contributed by atoms with Crippen molar-refractivity contribution in [3.05, 3.63) is 34.2 Å². The molecule has 0 fully saturated rings. The number of aromatic amines is 1. The molecule has 0 saturated carbocycles. The Hall–Kier alpha value is -1.62. The van der Waals surface area contributed by atoms with Gasteiger partial charge in [-0.1, -0.05) is 6.07 Å². The zero-order chi connectivity index (χ0) is 9.84. The van der Waals surface area contributed by atoms with Gasteiger partial charge in [0.2, 0.25) is 5.56 Å². The van der Waals surface area contributed by atoms with Gasteiger partial charge in [0.25, 0.3) is 0 Å². The molecule has 1 aromatic heterocycles. The zero-order valence-corrected chi connectivity index (χ0v) is 6.86. The van der Waals surface area contributed by atoms with Gasteiger partial charge in [-0.05, 0) is 6.07 Å². The summed E-state index contributed by atoms with van der Waals surface area (Å²) in [6.07, 6.45) is -0.194. The number of carboxylic acids is 1. The molecule has 0 aliphatic carbocycles. The summed E-state index contributed by atoms with van der Waals surface area (Å²) < 4.78 is 0. The monoisotopic (exact) mass is 182 g/mol. The quantitative estimate of drug-likeness (QED) is 0.605. The minimum Gasteiger partial charge on any atom is -0.481 e. The number of rotatable bonds is 3. The van der Waals surface area contributed by atoms with Crippen molar-refractivity contribution in [3.63, 3.8) is 0 Å². The first-order chi connectivity index (χ1) is 6.09. The lowest BCUT2D eigenvalue weighted by Crippen LogP contribution is -2.19. The highest BCUT2D eigenvalue weighted by Crippen LogP contribution is 2.08. The Morgan fingerprint density at radius 3 is 2.85 bits per heavy atom. The summed E-state index contributed by atoms with van der Waals surface area (Å²) in [5.41, 5.74) is 5.67. The summed E-state index contributed by atoms with van der Waals surface area (Å²) in [6, 6.07) is 3.81. The molecule has 0 unspecified atom stereocenters. The zero-order valence-electron chi connectivity index (χ0n) is 6.86. The minimum absolute atomic E-state index is 0.194. The highest BCUT2D eigenvalue weighted by atomic mass is 16.4. The van der Waals surface area contributed by atoms with Gasteiger partial charge in [0.15, 0.2) is 0 Å². The van der Waals surface area contributed by atoms with Gasteiger partial charge in [-0.25, -0.2) is 0 Å². The maximum atomic E-state index is 10.8. The first kappa shape index (κ1) is 9.47. The number of nitrogens with one attached hydrogen (secondary N) is 1. The standard InChI is InChI=1S/C8H10N2O3/c9-5(4-8(12)13)6-2-1-3-7(11)10-6/h1-3,5H,4,9H2,(H,10,11)(H,12,13)/t5-/m0/s1.